The molecule has 0 aliphatic heterocycles. The second-order valence-corrected chi connectivity index (χ2v) is 7.09. The van der Waals surface area contributed by atoms with E-state index in [0.717, 1.165) is 27.8 Å². The number of thioether (sulfide) groups is 1. The van der Waals surface area contributed by atoms with E-state index in [0.29, 0.717) is 11.0 Å². The van der Waals surface area contributed by atoms with Gasteiger partial charge in [0.25, 0.3) is 0 Å². The Kier molecular flexibility index (Phi) is 4.12. The molecule has 4 aromatic rings. The first kappa shape index (κ1) is 16.6. The van der Waals surface area contributed by atoms with Crippen LogP contribution in [0.2, 0.25) is 0 Å². The second-order valence-electron chi connectivity index (χ2n) is 6.15. The fourth-order valence-electron chi connectivity index (χ4n) is 3.00. The Hall–Kier alpha value is -2.87. The van der Waals surface area contributed by atoms with Crippen LogP contribution in [0.25, 0.3) is 16.6 Å². The largest absolute Gasteiger partial charge is 0.310 e. The third kappa shape index (κ3) is 2.92. The average molecular weight is 366 g/mol. The molecule has 0 aliphatic carbocycles. The molecule has 3 heterocycles. The first-order valence-corrected chi connectivity index (χ1v) is 9.18. The summed E-state index contributed by atoms with van der Waals surface area (Å²) in [6.45, 7) is 3.95. The van der Waals surface area contributed by atoms with E-state index in [2.05, 4.69) is 33.6 Å². The molecular weight excluding hydrogens is 348 g/mol. The molecule has 132 valence electrons. The number of para-hydroxylation sites is 1. The molecule has 0 saturated carbocycles. The number of pyridine rings is 1. The standard InChI is InChI=1S/C18H18N6OS/c1-11-8-16-20-21-18(24(16)14-7-5-4-6-13(11)14)26-10-17(25)19-15-9-12(2)22-23(15)3/h4-9H,10H2,1-3H3,(H,19,25). The van der Waals surface area contributed by atoms with Gasteiger partial charge in [0.15, 0.2) is 10.8 Å². The summed E-state index contributed by atoms with van der Waals surface area (Å²) in [5.74, 6) is 0.819. The molecule has 1 amide bonds. The number of anilines is 1. The number of aryl methyl sites for hydroxylation is 3. The van der Waals surface area contributed by atoms with Gasteiger partial charge in [-0.2, -0.15) is 5.10 Å². The number of fused-ring (bicyclic) bond motifs is 3. The Balaban J connectivity index is 1.59. The van der Waals surface area contributed by atoms with Gasteiger partial charge in [-0.1, -0.05) is 30.0 Å². The van der Waals surface area contributed by atoms with Gasteiger partial charge in [0.1, 0.15) is 5.82 Å². The number of nitrogens with one attached hydrogen (secondary N) is 1. The highest BCUT2D eigenvalue weighted by Gasteiger charge is 2.14. The zero-order valence-electron chi connectivity index (χ0n) is 14.7. The molecule has 8 heteroatoms. The Morgan fingerprint density at radius 2 is 2.00 bits per heavy atom. The van der Waals surface area contributed by atoms with Crippen LogP contribution >= 0.6 is 11.8 Å². The van der Waals surface area contributed by atoms with Crippen molar-refractivity contribution in [1.29, 1.82) is 0 Å². The Morgan fingerprint density at radius 1 is 1.19 bits per heavy atom. The first-order valence-electron chi connectivity index (χ1n) is 8.19. The van der Waals surface area contributed by atoms with Crippen molar-refractivity contribution < 1.29 is 4.79 Å². The summed E-state index contributed by atoms with van der Waals surface area (Å²) in [7, 11) is 1.80. The minimum absolute atomic E-state index is 0.105. The van der Waals surface area contributed by atoms with Gasteiger partial charge >= 0.3 is 0 Å². The number of rotatable bonds is 4. The predicted octanol–water partition coefficient (Wildman–Crippen LogP) is 2.96. The van der Waals surface area contributed by atoms with Gasteiger partial charge in [0, 0.05) is 18.5 Å². The van der Waals surface area contributed by atoms with E-state index < -0.39 is 0 Å². The number of aromatic nitrogens is 5. The lowest BCUT2D eigenvalue weighted by Crippen LogP contribution is -2.16. The summed E-state index contributed by atoms with van der Waals surface area (Å²) in [5, 5.41) is 17.5. The molecule has 0 fully saturated rings. The fraction of sp³-hybridized carbons (Fsp3) is 0.222. The van der Waals surface area contributed by atoms with Crippen molar-refractivity contribution in [2.24, 2.45) is 7.05 Å². The molecule has 3 aromatic heterocycles. The van der Waals surface area contributed by atoms with Crippen LogP contribution in [0, 0.1) is 13.8 Å². The Morgan fingerprint density at radius 3 is 2.77 bits per heavy atom. The van der Waals surface area contributed by atoms with E-state index in [9.17, 15) is 4.79 Å². The van der Waals surface area contributed by atoms with E-state index in [1.165, 1.54) is 11.8 Å². The maximum Gasteiger partial charge on any atom is 0.235 e. The molecule has 0 radical (unpaired) electrons. The summed E-state index contributed by atoms with van der Waals surface area (Å²) >= 11 is 1.36. The van der Waals surface area contributed by atoms with Crippen molar-refractivity contribution in [3.8, 4) is 0 Å². The molecule has 0 unspecified atom stereocenters. The van der Waals surface area contributed by atoms with Crippen LogP contribution in [0.15, 0.2) is 41.6 Å². The topological polar surface area (TPSA) is 77.1 Å². The molecule has 0 saturated heterocycles. The van der Waals surface area contributed by atoms with Gasteiger partial charge in [-0.25, -0.2) is 0 Å². The zero-order chi connectivity index (χ0) is 18.3. The molecule has 1 aromatic carbocycles. The molecular formula is C18H18N6OS. The highest BCUT2D eigenvalue weighted by Crippen LogP contribution is 2.25. The quantitative estimate of drug-likeness (QED) is 0.562. The minimum Gasteiger partial charge on any atom is -0.310 e. The van der Waals surface area contributed by atoms with Crippen molar-refractivity contribution in [1.82, 2.24) is 24.4 Å². The number of carbonyl (C=O) groups excluding carboxylic acids is 1. The van der Waals surface area contributed by atoms with Crippen molar-refractivity contribution in [2.75, 3.05) is 11.1 Å². The molecule has 0 bridgehead atoms. The van der Waals surface area contributed by atoms with E-state index in [4.69, 9.17) is 0 Å². The Bertz CT molecular complexity index is 1130. The molecule has 0 spiro atoms. The number of hydrogen-bond acceptors (Lipinski definition) is 5. The van der Waals surface area contributed by atoms with Crippen molar-refractivity contribution in [2.45, 2.75) is 19.0 Å². The van der Waals surface area contributed by atoms with Gasteiger partial charge in [-0.05, 0) is 31.5 Å². The summed E-state index contributed by atoms with van der Waals surface area (Å²) in [6, 6.07) is 12.0. The number of nitrogens with zero attached hydrogens (tertiary/aromatic N) is 5. The lowest BCUT2D eigenvalue weighted by atomic mass is 10.1. The van der Waals surface area contributed by atoms with Crippen molar-refractivity contribution >= 4 is 40.0 Å². The Labute approximate surface area is 154 Å². The van der Waals surface area contributed by atoms with E-state index in [1.54, 1.807) is 11.7 Å². The van der Waals surface area contributed by atoms with Crippen LogP contribution in [0.3, 0.4) is 0 Å². The van der Waals surface area contributed by atoms with Crippen LogP contribution in [0.1, 0.15) is 11.3 Å². The first-order chi connectivity index (χ1) is 12.5. The minimum atomic E-state index is -0.105. The van der Waals surface area contributed by atoms with Gasteiger partial charge in [0.05, 0.1) is 17.0 Å². The second kappa shape index (κ2) is 6.45. The third-order valence-corrected chi connectivity index (χ3v) is 5.10. The summed E-state index contributed by atoms with van der Waals surface area (Å²) in [6.07, 6.45) is 0. The van der Waals surface area contributed by atoms with Crippen LogP contribution in [0.4, 0.5) is 5.82 Å². The molecule has 4 rings (SSSR count). The maximum absolute atomic E-state index is 12.3. The van der Waals surface area contributed by atoms with Gasteiger partial charge in [-0.15, -0.1) is 10.2 Å². The summed E-state index contributed by atoms with van der Waals surface area (Å²) in [5.41, 5.74) is 3.84. The average Bonchev–Trinajstić information content (AvgIpc) is 3.16. The molecule has 7 nitrogen and oxygen atoms in total. The van der Waals surface area contributed by atoms with E-state index in [1.807, 2.05) is 41.7 Å². The summed E-state index contributed by atoms with van der Waals surface area (Å²) in [4.78, 5) is 12.3. The monoisotopic (exact) mass is 366 g/mol. The SMILES string of the molecule is Cc1cc(NC(=O)CSc2nnc3cc(C)c4ccccc4n23)n(C)n1. The predicted molar refractivity (Wildman–Crippen MR) is 103 cm³/mol. The zero-order valence-corrected chi connectivity index (χ0v) is 15.5. The molecule has 26 heavy (non-hydrogen) atoms. The molecule has 0 aliphatic rings. The van der Waals surface area contributed by atoms with E-state index in [-0.39, 0.29) is 11.7 Å². The maximum atomic E-state index is 12.3. The molecule has 1 N–H and O–H groups in total. The number of amides is 1. The van der Waals surface area contributed by atoms with E-state index >= 15 is 0 Å². The van der Waals surface area contributed by atoms with Gasteiger partial charge in [-0.3, -0.25) is 13.9 Å². The normalized spacial score (nSPS) is 11.3. The van der Waals surface area contributed by atoms with Crippen LogP contribution in [-0.2, 0) is 11.8 Å². The number of hydrogen-bond donors (Lipinski definition) is 1. The van der Waals surface area contributed by atoms with Crippen LogP contribution in [0.5, 0.6) is 0 Å². The number of benzene rings is 1. The molecule has 0 atom stereocenters. The van der Waals surface area contributed by atoms with Crippen molar-refractivity contribution in [3.05, 3.63) is 47.7 Å². The highest BCUT2D eigenvalue weighted by molar-refractivity contribution is 7.99. The lowest BCUT2D eigenvalue weighted by molar-refractivity contribution is -0.113. The number of carbonyl (C=O) groups is 1. The van der Waals surface area contributed by atoms with Crippen LogP contribution in [-0.4, -0.2) is 36.0 Å². The highest BCUT2D eigenvalue weighted by atomic mass is 32.2. The van der Waals surface area contributed by atoms with Gasteiger partial charge in [0.2, 0.25) is 5.91 Å². The fourth-order valence-corrected chi connectivity index (χ4v) is 3.76. The third-order valence-electron chi connectivity index (χ3n) is 4.18. The smallest absolute Gasteiger partial charge is 0.235 e. The van der Waals surface area contributed by atoms with Gasteiger partial charge < -0.3 is 5.32 Å². The summed E-state index contributed by atoms with van der Waals surface area (Å²) < 4.78 is 3.65. The van der Waals surface area contributed by atoms with Crippen LogP contribution < -0.4 is 5.32 Å². The lowest BCUT2D eigenvalue weighted by Gasteiger charge is -2.07. The van der Waals surface area contributed by atoms with Crippen molar-refractivity contribution in [3.63, 3.8) is 0 Å².